The molecule has 1 aromatic carbocycles. The highest BCUT2D eigenvalue weighted by molar-refractivity contribution is 5.53. The Labute approximate surface area is 72.7 Å². The molecule has 0 bridgehead atoms. The van der Waals surface area contributed by atoms with E-state index in [0.717, 1.165) is 12.0 Å². The van der Waals surface area contributed by atoms with Gasteiger partial charge in [0.05, 0.1) is 0 Å². The second-order valence-electron chi connectivity index (χ2n) is 2.70. The quantitative estimate of drug-likeness (QED) is 0.628. The van der Waals surface area contributed by atoms with Crippen molar-refractivity contribution >= 4 is 6.08 Å². The Balaban J connectivity index is 3.12. The molecule has 1 heteroatoms. The van der Waals surface area contributed by atoms with Crippen LogP contribution in [-0.4, -0.2) is 0 Å². The summed E-state index contributed by atoms with van der Waals surface area (Å²) in [5.41, 5.74) is 2.18. The molecule has 0 nitrogen and oxygen atoms in total. The minimum atomic E-state index is -0.166. The van der Waals surface area contributed by atoms with Gasteiger partial charge in [0.15, 0.2) is 0 Å². The molecular formula is C11H13F. The average Bonchev–Trinajstić information content (AvgIpc) is 2.05. The molecule has 0 heterocycles. The van der Waals surface area contributed by atoms with Crippen molar-refractivity contribution in [1.82, 2.24) is 0 Å². The van der Waals surface area contributed by atoms with Crippen molar-refractivity contribution < 1.29 is 4.39 Å². The van der Waals surface area contributed by atoms with Gasteiger partial charge in [-0.1, -0.05) is 25.1 Å². The van der Waals surface area contributed by atoms with Crippen LogP contribution in [0.4, 0.5) is 4.39 Å². The largest absolute Gasteiger partial charge is 0.207 e. The highest BCUT2D eigenvalue weighted by Gasteiger charge is 1.97. The van der Waals surface area contributed by atoms with Crippen LogP contribution in [0, 0.1) is 5.82 Å². The van der Waals surface area contributed by atoms with E-state index in [9.17, 15) is 4.39 Å². The summed E-state index contributed by atoms with van der Waals surface area (Å²) in [6, 6.07) is 4.91. The first-order valence-electron chi connectivity index (χ1n) is 4.19. The van der Waals surface area contributed by atoms with Crippen LogP contribution in [0.5, 0.6) is 0 Å². The molecule has 0 N–H and O–H groups in total. The van der Waals surface area contributed by atoms with E-state index in [0.29, 0.717) is 0 Å². The Kier molecular flexibility index (Phi) is 3.03. The summed E-state index contributed by atoms with van der Waals surface area (Å²) in [5, 5.41) is 0. The van der Waals surface area contributed by atoms with E-state index >= 15 is 0 Å². The van der Waals surface area contributed by atoms with Gasteiger partial charge in [-0.05, 0) is 36.6 Å². The van der Waals surface area contributed by atoms with Crippen LogP contribution in [0.25, 0.3) is 6.08 Å². The molecule has 0 aliphatic carbocycles. The lowest BCUT2D eigenvalue weighted by molar-refractivity contribution is 0.626. The molecule has 0 spiro atoms. The highest BCUT2D eigenvalue weighted by Crippen LogP contribution is 2.13. The van der Waals surface area contributed by atoms with E-state index in [2.05, 4.69) is 6.92 Å². The topological polar surface area (TPSA) is 0 Å². The summed E-state index contributed by atoms with van der Waals surface area (Å²) in [6.07, 6.45) is 4.80. The molecule has 0 fully saturated rings. The van der Waals surface area contributed by atoms with Gasteiger partial charge in [-0.25, -0.2) is 4.39 Å². The van der Waals surface area contributed by atoms with Gasteiger partial charge in [0.1, 0.15) is 5.82 Å². The fraction of sp³-hybridized carbons (Fsp3) is 0.273. The minimum Gasteiger partial charge on any atom is -0.207 e. The van der Waals surface area contributed by atoms with Crippen molar-refractivity contribution in [1.29, 1.82) is 0 Å². The van der Waals surface area contributed by atoms with Crippen molar-refractivity contribution in [3.63, 3.8) is 0 Å². The normalized spacial score (nSPS) is 10.9. The Morgan fingerprint density at radius 1 is 1.42 bits per heavy atom. The maximum atomic E-state index is 12.8. The number of benzene rings is 1. The molecule has 64 valence electrons. The highest BCUT2D eigenvalue weighted by atomic mass is 19.1. The van der Waals surface area contributed by atoms with Crippen LogP contribution in [0.3, 0.4) is 0 Å². The van der Waals surface area contributed by atoms with Gasteiger partial charge in [0, 0.05) is 0 Å². The van der Waals surface area contributed by atoms with E-state index in [4.69, 9.17) is 0 Å². The van der Waals surface area contributed by atoms with Crippen molar-refractivity contribution in [3.05, 3.63) is 41.2 Å². The molecular weight excluding hydrogens is 151 g/mol. The molecule has 1 aromatic rings. The zero-order valence-electron chi connectivity index (χ0n) is 7.47. The van der Waals surface area contributed by atoms with E-state index in [1.807, 2.05) is 25.1 Å². The first-order valence-corrected chi connectivity index (χ1v) is 4.19. The number of aryl methyl sites for hydroxylation is 1. The van der Waals surface area contributed by atoms with Gasteiger partial charge in [-0.15, -0.1) is 0 Å². The third kappa shape index (κ3) is 1.94. The summed E-state index contributed by atoms with van der Waals surface area (Å²) in [7, 11) is 0. The lowest BCUT2D eigenvalue weighted by Gasteiger charge is -2.02. The molecule has 12 heavy (non-hydrogen) atoms. The van der Waals surface area contributed by atoms with Crippen molar-refractivity contribution in [2.75, 3.05) is 0 Å². The molecule has 0 amide bonds. The van der Waals surface area contributed by atoms with Crippen LogP contribution >= 0.6 is 0 Å². The van der Waals surface area contributed by atoms with Crippen LogP contribution in [-0.2, 0) is 6.42 Å². The van der Waals surface area contributed by atoms with Gasteiger partial charge in [0.2, 0.25) is 0 Å². The molecule has 0 saturated heterocycles. The van der Waals surface area contributed by atoms with Gasteiger partial charge >= 0.3 is 0 Å². The third-order valence-corrected chi connectivity index (χ3v) is 1.84. The van der Waals surface area contributed by atoms with Gasteiger partial charge in [-0.3, -0.25) is 0 Å². The minimum absolute atomic E-state index is 0.166. The van der Waals surface area contributed by atoms with Crippen LogP contribution < -0.4 is 0 Å². The summed E-state index contributed by atoms with van der Waals surface area (Å²) in [6.45, 7) is 4.00. The molecule has 0 radical (unpaired) electrons. The van der Waals surface area contributed by atoms with Crippen molar-refractivity contribution in [2.24, 2.45) is 0 Å². The van der Waals surface area contributed by atoms with E-state index < -0.39 is 0 Å². The molecule has 0 aliphatic heterocycles. The summed E-state index contributed by atoms with van der Waals surface area (Å²) in [5.74, 6) is -0.166. The third-order valence-electron chi connectivity index (χ3n) is 1.84. The second kappa shape index (κ2) is 4.05. The average molecular weight is 164 g/mol. The summed E-state index contributed by atoms with van der Waals surface area (Å²) >= 11 is 0. The Morgan fingerprint density at radius 2 is 2.17 bits per heavy atom. The number of hydrogen-bond acceptors (Lipinski definition) is 0. The summed E-state index contributed by atoms with van der Waals surface area (Å²) < 4.78 is 12.8. The smallest absolute Gasteiger partial charge is 0.123 e. The molecule has 0 aliphatic rings. The SMILES string of the molecule is CC=Cc1cc(F)ccc1CC. The summed E-state index contributed by atoms with van der Waals surface area (Å²) in [4.78, 5) is 0. The number of halogens is 1. The van der Waals surface area contributed by atoms with E-state index in [1.54, 1.807) is 6.07 Å². The first kappa shape index (κ1) is 8.98. The number of allylic oxidation sites excluding steroid dienone is 1. The van der Waals surface area contributed by atoms with Gasteiger partial charge < -0.3 is 0 Å². The predicted molar refractivity (Wildman–Crippen MR) is 50.5 cm³/mol. The fourth-order valence-corrected chi connectivity index (χ4v) is 1.22. The Hall–Kier alpha value is -1.11. The lowest BCUT2D eigenvalue weighted by atomic mass is 10.0. The van der Waals surface area contributed by atoms with Crippen LogP contribution in [0.1, 0.15) is 25.0 Å². The van der Waals surface area contributed by atoms with E-state index in [-0.39, 0.29) is 5.82 Å². The Bertz CT molecular complexity index is 287. The fourth-order valence-electron chi connectivity index (χ4n) is 1.22. The zero-order valence-corrected chi connectivity index (χ0v) is 7.47. The van der Waals surface area contributed by atoms with Crippen molar-refractivity contribution in [3.8, 4) is 0 Å². The van der Waals surface area contributed by atoms with Crippen molar-refractivity contribution in [2.45, 2.75) is 20.3 Å². The van der Waals surface area contributed by atoms with E-state index in [1.165, 1.54) is 11.6 Å². The lowest BCUT2D eigenvalue weighted by Crippen LogP contribution is -1.87. The van der Waals surface area contributed by atoms with Crippen LogP contribution in [0.2, 0.25) is 0 Å². The maximum absolute atomic E-state index is 12.8. The molecule has 1 rings (SSSR count). The van der Waals surface area contributed by atoms with Gasteiger partial charge in [-0.2, -0.15) is 0 Å². The maximum Gasteiger partial charge on any atom is 0.123 e. The molecule has 0 unspecified atom stereocenters. The second-order valence-corrected chi connectivity index (χ2v) is 2.70. The zero-order chi connectivity index (χ0) is 8.97. The number of hydrogen-bond donors (Lipinski definition) is 0. The predicted octanol–water partition coefficient (Wildman–Crippen LogP) is 3.42. The Morgan fingerprint density at radius 3 is 2.75 bits per heavy atom. The van der Waals surface area contributed by atoms with Gasteiger partial charge in [0.25, 0.3) is 0 Å². The monoisotopic (exact) mass is 164 g/mol. The first-order chi connectivity index (χ1) is 5.77. The molecule has 0 aromatic heterocycles. The molecule has 0 saturated carbocycles. The molecule has 0 atom stereocenters. The van der Waals surface area contributed by atoms with Crippen LogP contribution in [0.15, 0.2) is 24.3 Å². The number of rotatable bonds is 2. The standard InChI is InChI=1S/C11H13F/c1-3-5-10-8-11(12)7-6-9(10)4-2/h3,5-8H,4H2,1-2H3.